The summed E-state index contributed by atoms with van der Waals surface area (Å²) in [5, 5.41) is 3.37. The minimum absolute atomic E-state index is 0.137. The molecule has 3 heteroatoms. The molecule has 0 aromatic heterocycles. The van der Waals surface area contributed by atoms with Gasteiger partial charge in [0.15, 0.2) is 0 Å². The van der Waals surface area contributed by atoms with Gasteiger partial charge >= 0.3 is 0 Å². The minimum atomic E-state index is 0.137. The van der Waals surface area contributed by atoms with Gasteiger partial charge in [0, 0.05) is 38.8 Å². The van der Waals surface area contributed by atoms with E-state index in [4.69, 9.17) is 5.73 Å². The van der Waals surface area contributed by atoms with Crippen molar-refractivity contribution in [3.63, 3.8) is 0 Å². The molecular formula is C16H27N3. The third-order valence-corrected chi connectivity index (χ3v) is 3.89. The van der Waals surface area contributed by atoms with Crippen molar-refractivity contribution in [1.82, 2.24) is 10.2 Å². The highest BCUT2D eigenvalue weighted by Gasteiger charge is 2.14. The lowest BCUT2D eigenvalue weighted by Crippen LogP contribution is -2.45. The van der Waals surface area contributed by atoms with Crippen molar-refractivity contribution in [1.29, 1.82) is 0 Å². The lowest BCUT2D eigenvalue weighted by atomic mass is 10.0. The van der Waals surface area contributed by atoms with Crippen LogP contribution in [-0.4, -0.2) is 37.6 Å². The van der Waals surface area contributed by atoms with E-state index in [0.29, 0.717) is 0 Å². The Morgan fingerprint density at radius 3 is 2.53 bits per heavy atom. The van der Waals surface area contributed by atoms with Crippen LogP contribution >= 0.6 is 0 Å². The van der Waals surface area contributed by atoms with E-state index in [-0.39, 0.29) is 6.04 Å². The van der Waals surface area contributed by atoms with Crippen LogP contribution in [0, 0.1) is 0 Å². The molecule has 0 spiro atoms. The quantitative estimate of drug-likeness (QED) is 0.822. The number of nitrogens with one attached hydrogen (secondary N) is 1. The molecule has 3 nitrogen and oxygen atoms in total. The molecule has 1 aliphatic rings. The molecule has 1 aliphatic heterocycles. The Hall–Kier alpha value is -0.900. The second-order valence-corrected chi connectivity index (χ2v) is 5.50. The molecule has 0 radical (unpaired) electrons. The maximum absolute atomic E-state index is 6.31. The van der Waals surface area contributed by atoms with Gasteiger partial charge in [-0.15, -0.1) is 0 Å². The Kier molecular flexibility index (Phi) is 5.83. The maximum atomic E-state index is 6.31. The van der Waals surface area contributed by atoms with Gasteiger partial charge in [0.25, 0.3) is 0 Å². The number of piperazine rings is 1. The van der Waals surface area contributed by atoms with Gasteiger partial charge in [0.05, 0.1) is 0 Å². The number of nitrogens with two attached hydrogens (primary N) is 1. The molecule has 1 heterocycles. The number of nitrogens with zero attached hydrogens (tertiary/aromatic N) is 1. The number of aryl methyl sites for hydroxylation is 1. The fourth-order valence-corrected chi connectivity index (χ4v) is 2.59. The molecule has 1 aromatic carbocycles. The van der Waals surface area contributed by atoms with E-state index in [2.05, 4.69) is 41.4 Å². The molecule has 1 atom stereocenters. The van der Waals surface area contributed by atoms with Crippen LogP contribution in [0.15, 0.2) is 24.3 Å². The molecule has 19 heavy (non-hydrogen) atoms. The third-order valence-electron chi connectivity index (χ3n) is 3.89. The second-order valence-electron chi connectivity index (χ2n) is 5.50. The second kappa shape index (κ2) is 7.63. The van der Waals surface area contributed by atoms with E-state index < -0.39 is 0 Å². The van der Waals surface area contributed by atoms with E-state index in [9.17, 15) is 0 Å². The minimum Gasteiger partial charge on any atom is -0.323 e. The van der Waals surface area contributed by atoms with Crippen LogP contribution in [0.1, 0.15) is 36.9 Å². The molecule has 0 amide bonds. The highest BCUT2D eigenvalue weighted by atomic mass is 15.2. The average molecular weight is 261 g/mol. The SMILES string of the molecule is CCCCc1ccc(C(N)CN2CCNCC2)cc1. The molecule has 106 valence electrons. The van der Waals surface area contributed by atoms with Crippen molar-refractivity contribution in [2.45, 2.75) is 32.2 Å². The Bertz CT molecular complexity index is 355. The molecule has 1 saturated heterocycles. The van der Waals surface area contributed by atoms with E-state index in [1.54, 1.807) is 0 Å². The van der Waals surface area contributed by atoms with Crippen LogP contribution in [0.4, 0.5) is 0 Å². The van der Waals surface area contributed by atoms with Crippen molar-refractivity contribution < 1.29 is 0 Å². The van der Waals surface area contributed by atoms with Crippen LogP contribution in [0.3, 0.4) is 0 Å². The van der Waals surface area contributed by atoms with Gasteiger partial charge in [0.2, 0.25) is 0 Å². The first-order valence-corrected chi connectivity index (χ1v) is 7.57. The van der Waals surface area contributed by atoms with Gasteiger partial charge in [-0.25, -0.2) is 0 Å². The first kappa shape index (κ1) is 14.5. The summed E-state index contributed by atoms with van der Waals surface area (Å²) >= 11 is 0. The fraction of sp³-hybridized carbons (Fsp3) is 0.625. The number of unbranched alkanes of at least 4 members (excludes halogenated alkanes) is 1. The van der Waals surface area contributed by atoms with Gasteiger partial charge in [-0.3, -0.25) is 4.90 Å². The molecule has 1 fully saturated rings. The summed E-state index contributed by atoms with van der Waals surface area (Å²) in [5.74, 6) is 0. The van der Waals surface area contributed by atoms with Gasteiger partial charge in [-0.2, -0.15) is 0 Å². The zero-order valence-corrected chi connectivity index (χ0v) is 12.1. The first-order chi connectivity index (χ1) is 9.29. The van der Waals surface area contributed by atoms with Gasteiger partial charge < -0.3 is 11.1 Å². The van der Waals surface area contributed by atoms with Crippen molar-refractivity contribution in [2.24, 2.45) is 5.73 Å². The lowest BCUT2D eigenvalue weighted by molar-refractivity contribution is 0.228. The topological polar surface area (TPSA) is 41.3 Å². The highest BCUT2D eigenvalue weighted by Crippen LogP contribution is 2.14. The van der Waals surface area contributed by atoms with Crippen molar-refractivity contribution >= 4 is 0 Å². The molecule has 1 unspecified atom stereocenters. The smallest absolute Gasteiger partial charge is 0.0424 e. The van der Waals surface area contributed by atoms with Crippen LogP contribution in [-0.2, 0) is 6.42 Å². The monoisotopic (exact) mass is 261 g/mol. The van der Waals surface area contributed by atoms with E-state index in [1.165, 1.54) is 30.4 Å². The summed E-state index contributed by atoms with van der Waals surface area (Å²) in [6.45, 7) is 7.60. The van der Waals surface area contributed by atoms with Gasteiger partial charge in [0.1, 0.15) is 0 Å². The van der Waals surface area contributed by atoms with Crippen LogP contribution in [0.2, 0.25) is 0 Å². The Morgan fingerprint density at radius 2 is 1.89 bits per heavy atom. The summed E-state index contributed by atoms with van der Waals surface area (Å²) in [5.41, 5.74) is 9.01. The molecular weight excluding hydrogens is 234 g/mol. The van der Waals surface area contributed by atoms with Gasteiger partial charge in [-0.05, 0) is 24.0 Å². The Morgan fingerprint density at radius 1 is 1.21 bits per heavy atom. The van der Waals surface area contributed by atoms with Crippen LogP contribution < -0.4 is 11.1 Å². The summed E-state index contributed by atoms with van der Waals surface area (Å²) < 4.78 is 0. The normalized spacial score (nSPS) is 18.4. The predicted octanol–water partition coefficient (Wildman–Crippen LogP) is 1.93. The van der Waals surface area contributed by atoms with Crippen LogP contribution in [0.25, 0.3) is 0 Å². The number of benzene rings is 1. The average Bonchev–Trinajstić information content (AvgIpc) is 2.46. The molecule has 1 aromatic rings. The van der Waals surface area contributed by atoms with Crippen LogP contribution in [0.5, 0.6) is 0 Å². The fourth-order valence-electron chi connectivity index (χ4n) is 2.59. The Balaban J connectivity index is 1.85. The van der Waals surface area contributed by atoms with E-state index >= 15 is 0 Å². The van der Waals surface area contributed by atoms with Crippen molar-refractivity contribution in [3.8, 4) is 0 Å². The summed E-state index contributed by atoms with van der Waals surface area (Å²) in [7, 11) is 0. The summed E-state index contributed by atoms with van der Waals surface area (Å²) in [6.07, 6.45) is 3.71. The third kappa shape index (κ3) is 4.60. The number of hydrogen-bond donors (Lipinski definition) is 2. The highest BCUT2D eigenvalue weighted by molar-refractivity contribution is 5.25. The van der Waals surface area contributed by atoms with E-state index in [0.717, 1.165) is 32.7 Å². The first-order valence-electron chi connectivity index (χ1n) is 7.57. The van der Waals surface area contributed by atoms with Crippen molar-refractivity contribution in [2.75, 3.05) is 32.7 Å². The zero-order chi connectivity index (χ0) is 13.5. The summed E-state index contributed by atoms with van der Waals surface area (Å²) in [6, 6.07) is 9.03. The molecule has 3 N–H and O–H groups in total. The summed E-state index contributed by atoms with van der Waals surface area (Å²) in [4.78, 5) is 2.45. The zero-order valence-electron chi connectivity index (χ0n) is 12.1. The molecule has 0 aliphatic carbocycles. The van der Waals surface area contributed by atoms with Gasteiger partial charge in [-0.1, -0.05) is 37.6 Å². The van der Waals surface area contributed by atoms with Crippen molar-refractivity contribution in [3.05, 3.63) is 35.4 Å². The lowest BCUT2D eigenvalue weighted by Gasteiger charge is -2.29. The van der Waals surface area contributed by atoms with E-state index in [1.807, 2.05) is 0 Å². The number of hydrogen-bond acceptors (Lipinski definition) is 3. The Labute approximate surface area is 117 Å². The number of rotatable bonds is 6. The molecule has 0 saturated carbocycles. The largest absolute Gasteiger partial charge is 0.323 e. The molecule has 0 bridgehead atoms. The predicted molar refractivity (Wildman–Crippen MR) is 81.3 cm³/mol. The standard InChI is InChI=1S/C16H27N3/c1-2-3-4-14-5-7-15(8-6-14)16(17)13-19-11-9-18-10-12-19/h5-8,16,18H,2-4,9-13,17H2,1H3. The molecule has 2 rings (SSSR count). The maximum Gasteiger partial charge on any atom is 0.0424 e.